The number of benzene rings is 3. The molecule has 0 saturated heterocycles. The van der Waals surface area contributed by atoms with E-state index in [2.05, 4.69) is 15.9 Å². The number of rotatable bonds is 4. The number of carbonyl (C=O) groups excluding carboxylic acids is 2. The summed E-state index contributed by atoms with van der Waals surface area (Å²) in [6, 6.07) is 17.6. The van der Waals surface area contributed by atoms with Crippen LogP contribution in [-0.4, -0.2) is 18.9 Å². The number of Topliss-reactive ketones (excluding diaryl/α,β-unsaturated/α-hetero) is 1. The molecular weight excluding hydrogens is 488 g/mol. The third-order valence-corrected chi connectivity index (χ3v) is 5.84. The third-order valence-electron chi connectivity index (χ3n) is 5.34. The second-order valence-corrected chi connectivity index (χ2v) is 8.35. The first-order valence-corrected chi connectivity index (χ1v) is 10.9. The predicted octanol–water partition coefficient (Wildman–Crippen LogP) is 6.35. The van der Waals surface area contributed by atoms with Crippen molar-refractivity contribution < 1.29 is 28.2 Å². The Morgan fingerprint density at radius 1 is 1.03 bits per heavy atom. The van der Waals surface area contributed by atoms with Gasteiger partial charge in [0.2, 0.25) is 11.5 Å². The van der Waals surface area contributed by atoms with Crippen molar-refractivity contribution in [2.75, 3.05) is 7.11 Å². The smallest absolute Gasteiger partial charge is 0.379 e. The van der Waals surface area contributed by atoms with Crippen molar-refractivity contribution in [3.05, 3.63) is 93.3 Å². The summed E-state index contributed by atoms with van der Waals surface area (Å²) in [7, 11) is 1.56. The van der Waals surface area contributed by atoms with E-state index in [-0.39, 0.29) is 23.1 Å². The lowest BCUT2D eigenvalue weighted by molar-refractivity contribution is 0.0702. The minimum Gasteiger partial charge on any atom is -0.496 e. The zero-order chi connectivity index (χ0) is 23.1. The standard InChI is InChI=1S/C26H17BrO6/c1-14-19(33-26(29)23-13-16-11-17(27)7-9-21(16)31-23)10-8-18-24(28)22(32-25(14)18)12-15-5-3-4-6-20(15)30-2/h3-13H,1-2H3/b22-12-. The number of ketones is 1. The van der Waals surface area contributed by atoms with E-state index in [1.165, 1.54) is 0 Å². The predicted molar refractivity (Wildman–Crippen MR) is 126 cm³/mol. The number of hydrogen-bond donors (Lipinski definition) is 0. The number of allylic oxidation sites excluding steroid dienone is 1. The maximum atomic E-state index is 12.9. The molecule has 0 aliphatic carbocycles. The van der Waals surface area contributed by atoms with Crippen LogP contribution in [0.25, 0.3) is 17.0 Å². The Morgan fingerprint density at radius 2 is 1.85 bits per heavy atom. The number of ether oxygens (including phenoxy) is 3. The number of fused-ring (bicyclic) bond motifs is 2. The molecule has 0 fully saturated rings. The van der Waals surface area contributed by atoms with Crippen molar-refractivity contribution in [1.82, 2.24) is 0 Å². The lowest BCUT2D eigenvalue weighted by atomic mass is 10.1. The monoisotopic (exact) mass is 504 g/mol. The molecule has 0 unspecified atom stereocenters. The summed E-state index contributed by atoms with van der Waals surface area (Å²) in [6.45, 7) is 1.73. The molecule has 1 aromatic heterocycles. The second kappa shape index (κ2) is 8.26. The molecule has 3 aromatic carbocycles. The zero-order valence-electron chi connectivity index (χ0n) is 17.7. The van der Waals surface area contributed by atoms with E-state index >= 15 is 0 Å². The molecule has 164 valence electrons. The number of esters is 1. The van der Waals surface area contributed by atoms with E-state index in [4.69, 9.17) is 18.6 Å². The molecular formula is C26H17BrO6. The van der Waals surface area contributed by atoms with E-state index in [1.807, 2.05) is 30.3 Å². The Hall–Kier alpha value is -3.84. The van der Waals surface area contributed by atoms with Crippen molar-refractivity contribution in [2.45, 2.75) is 6.92 Å². The molecule has 1 aliphatic rings. The molecule has 4 aromatic rings. The van der Waals surface area contributed by atoms with Crippen molar-refractivity contribution in [3.8, 4) is 17.2 Å². The van der Waals surface area contributed by atoms with Gasteiger partial charge in [0, 0.05) is 21.0 Å². The van der Waals surface area contributed by atoms with Crippen molar-refractivity contribution >= 4 is 44.7 Å². The van der Waals surface area contributed by atoms with Gasteiger partial charge in [0.1, 0.15) is 22.8 Å². The van der Waals surface area contributed by atoms with Gasteiger partial charge in [0.05, 0.1) is 12.7 Å². The van der Waals surface area contributed by atoms with Crippen LogP contribution in [0.15, 0.2) is 75.3 Å². The highest BCUT2D eigenvalue weighted by Crippen LogP contribution is 2.40. The van der Waals surface area contributed by atoms with E-state index in [0.29, 0.717) is 28.2 Å². The lowest BCUT2D eigenvalue weighted by Crippen LogP contribution is -2.08. The fourth-order valence-electron chi connectivity index (χ4n) is 3.67. The van der Waals surface area contributed by atoms with Gasteiger partial charge in [0.25, 0.3) is 0 Å². The van der Waals surface area contributed by atoms with Gasteiger partial charge < -0.3 is 18.6 Å². The van der Waals surface area contributed by atoms with Crippen LogP contribution in [0.5, 0.6) is 17.2 Å². The first-order chi connectivity index (χ1) is 15.9. The SMILES string of the molecule is COc1ccccc1/C=C1\Oc2c(ccc(OC(=O)c3cc4cc(Br)ccc4o3)c2C)C1=O. The number of furan rings is 1. The topological polar surface area (TPSA) is 75.0 Å². The van der Waals surface area contributed by atoms with Gasteiger partial charge in [-0.25, -0.2) is 4.79 Å². The van der Waals surface area contributed by atoms with Crippen LogP contribution in [0, 0.1) is 6.92 Å². The summed E-state index contributed by atoms with van der Waals surface area (Å²) in [4.78, 5) is 25.6. The maximum absolute atomic E-state index is 12.9. The highest BCUT2D eigenvalue weighted by molar-refractivity contribution is 9.10. The first kappa shape index (κ1) is 21.0. The summed E-state index contributed by atoms with van der Waals surface area (Å²) in [6.07, 6.45) is 1.64. The Kier molecular flexibility index (Phi) is 5.26. The summed E-state index contributed by atoms with van der Waals surface area (Å²) in [5, 5.41) is 0.780. The minimum absolute atomic E-state index is 0.0803. The molecule has 0 radical (unpaired) electrons. The van der Waals surface area contributed by atoms with Crippen LogP contribution in [0.1, 0.15) is 32.0 Å². The summed E-state index contributed by atoms with van der Waals surface area (Å²) in [5.74, 6) is 0.633. The van der Waals surface area contributed by atoms with E-state index in [0.717, 1.165) is 15.4 Å². The molecule has 0 N–H and O–H groups in total. The van der Waals surface area contributed by atoms with Crippen LogP contribution in [0.3, 0.4) is 0 Å². The van der Waals surface area contributed by atoms with Gasteiger partial charge in [-0.3, -0.25) is 4.79 Å². The largest absolute Gasteiger partial charge is 0.496 e. The Labute approximate surface area is 197 Å². The average molecular weight is 505 g/mol. The summed E-state index contributed by atoms with van der Waals surface area (Å²) < 4.78 is 23.3. The lowest BCUT2D eigenvalue weighted by Gasteiger charge is -2.09. The van der Waals surface area contributed by atoms with Crippen molar-refractivity contribution in [1.29, 1.82) is 0 Å². The Bertz CT molecular complexity index is 1460. The van der Waals surface area contributed by atoms with Gasteiger partial charge >= 0.3 is 5.97 Å². The number of carbonyl (C=O) groups is 2. The first-order valence-electron chi connectivity index (χ1n) is 10.1. The fraction of sp³-hybridized carbons (Fsp3) is 0.0769. The maximum Gasteiger partial charge on any atom is 0.379 e. The normalized spacial score (nSPS) is 13.8. The van der Waals surface area contributed by atoms with Crippen LogP contribution >= 0.6 is 15.9 Å². The molecule has 6 nitrogen and oxygen atoms in total. The van der Waals surface area contributed by atoms with Gasteiger partial charge in [-0.15, -0.1) is 0 Å². The molecule has 33 heavy (non-hydrogen) atoms. The van der Waals surface area contributed by atoms with E-state index in [9.17, 15) is 9.59 Å². The quantitative estimate of drug-likeness (QED) is 0.183. The number of hydrogen-bond acceptors (Lipinski definition) is 6. The zero-order valence-corrected chi connectivity index (χ0v) is 19.3. The van der Waals surface area contributed by atoms with Gasteiger partial charge in [0.15, 0.2) is 5.76 Å². The van der Waals surface area contributed by atoms with Crippen LogP contribution in [0.2, 0.25) is 0 Å². The van der Waals surface area contributed by atoms with E-state index in [1.54, 1.807) is 50.4 Å². The molecule has 0 bridgehead atoms. The van der Waals surface area contributed by atoms with Gasteiger partial charge in [-0.05, 0) is 55.5 Å². The Balaban J connectivity index is 1.43. The van der Waals surface area contributed by atoms with Gasteiger partial charge in [-0.2, -0.15) is 0 Å². The number of halogens is 1. The molecule has 0 amide bonds. The molecule has 0 saturated carbocycles. The highest BCUT2D eigenvalue weighted by atomic mass is 79.9. The summed E-state index contributed by atoms with van der Waals surface area (Å²) in [5.41, 5.74) is 2.24. The molecule has 0 spiro atoms. The number of para-hydroxylation sites is 1. The average Bonchev–Trinajstić information content (AvgIpc) is 3.37. The third kappa shape index (κ3) is 3.81. The van der Waals surface area contributed by atoms with Gasteiger partial charge in [-0.1, -0.05) is 34.1 Å². The number of methoxy groups -OCH3 is 1. The minimum atomic E-state index is -0.639. The van der Waals surface area contributed by atoms with Crippen molar-refractivity contribution in [3.63, 3.8) is 0 Å². The van der Waals surface area contributed by atoms with Crippen LogP contribution in [-0.2, 0) is 0 Å². The second-order valence-electron chi connectivity index (χ2n) is 7.43. The molecule has 1 aliphatic heterocycles. The fourth-order valence-corrected chi connectivity index (χ4v) is 4.05. The molecule has 5 rings (SSSR count). The molecule has 2 heterocycles. The highest BCUT2D eigenvalue weighted by Gasteiger charge is 2.31. The van der Waals surface area contributed by atoms with Crippen LogP contribution < -0.4 is 14.2 Å². The van der Waals surface area contributed by atoms with Crippen LogP contribution in [0.4, 0.5) is 0 Å². The van der Waals surface area contributed by atoms with Crippen molar-refractivity contribution in [2.24, 2.45) is 0 Å². The molecule has 7 heteroatoms. The van der Waals surface area contributed by atoms with E-state index < -0.39 is 5.97 Å². The Morgan fingerprint density at radius 3 is 2.67 bits per heavy atom. The summed E-state index contributed by atoms with van der Waals surface area (Å²) >= 11 is 3.40. The molecule has 0 atom stereocenters.